The molecule has 0 saturated heterocycles. The van der Waals surface area contributed by atoms with Crippen molar-refractivity contribution < 1.29 is 18.4 Å². The highest BCUT2D eigenvalue weighted by atomic mass is 19.1. The Morgan fingerprint density at radius 1 is 1.15 bits per heavy atom. The Labute approximate surface area is 152 Å². The van der Waals surface area contributed by atoms with Crippen molar-refractivity contribution in [1.29, 1.82) is 0 Å². The Morgan fingerprint density at radius 2 is 1.92 bits per heavy atom. The van der Waals surface area contributed by atoms with E-state index in [9.17, 15) is 14.0 Å². The summed E-state index contributed by atoms with van der Waals surface area (Å²) in [5, 5.41) is 5.32. The molecule has 26 heavy (non-hydrogen) atoms. The first-order valence-electron chi connectivity index (χ1n) is 8.98. The fourth-order valence-corrected chi connectivity index (χ4v) is 3.37. The number of benzene rings is 1. The third-order valence-corrected chi connectivity index (χ3v) is 4.80. The lowest BCUT2D eigenvalue weighted by Crippen LogP contribution is -2.19. The first-order valence-corrected chi connectivity index (χ1v) is 8.98. The van der Waals surface area contributed by atoms with Gasteiger partial charge in [0, 0.05) is 12.1 Å². The fourth-order valence-electron chi connectivity index (χ4n) is 3.37. The summed E-state index contributed by atoms with van der Waals surface area (Å²) in [4.78, 5) is 24.4. The number of nitrogens with one attached hydrogen (secondary N) is 2. The molecule has 138 valence electrons. The lowest BCUT2D eigenvalue weighted by molar-refractivity contribution is -0.117. The minimum atomic E-state index is -0.565. The van der Waals surface area contributed by atoms with Gasteiger partial charge in [0.2, 0.25) is 5.91 Å². The molecule has 2 N–H and O–H groups in total. The second-order valence-electron chi connectivity index (χ2n) is 6.80. The molecule has 0 radical (unpaired) electrons. The van der Waals surface area contributed by atoms with Crippen molar-refractivity contribution in [1.82, 2.24) is 0 Å². The predicted octanol–water partition coefficient (Wildman–Crippen LogP) is 4.89. The number of carbonyl (C=O) groups is 2. The highest BCUT2D eigenvalue weighted by Gasteiger charge is 2.18. The van der Waals surface area contributed by atoms with Gasteiger partial charge in [-0.3, -0.25) is 9.59 Å². The Bertz CT molecular complexity index is 794. The molecule has 1 aliphatic carbocycles. The highest BCUT2D eigenvalue weighted by Crippen LogP contribution is 2.27. The average molecular weight is 358 g/mol. The molecule has 2 amide bonds. The van der Waals surface area contributed by atoms with Crippen molar-refractivity contribution in [2.24, 2.45) is 5.92 Å². The Kier molecular flexibility index (Phi) is 5.71. The van der Waals surface area contributed by atoms with Crippen LogP contribution in [0.3, 0.4) is 0 Å². The van der Waals surface area contributed by atoms with Gasteiger partial charge < -0.3 is 15.1 Å². The maximum atomic E-state index is 14.0. The third kappa shape index (κ3) is 4.50. The minimum absolute atomic E-state index is 0.0195. The van der Waals surface area contributed by atoms with Gasteiger partial charge in [0.25, 0.3) is 5.91 Å². The van der Waals surface area contributed by atoms with E-state index >= 15 is 0 Å². The lowest BCUT2D eigenvalue weighted by Gasteiger charge is -2.20. The lowest BCUT2D eigenvalue weighted by atomic mass is 9.87. The Hall–Kier alpha value is -2.63. The van der Waals surface area contributed by atoms with Gasteiger partial charge in [0.05, 0.1) is 17.5 Å². The molecule has 0 aliphatic heterocycles. The molecule has 1 fully saturated rings. The molecule has 1 aliphatic rings. The molecular weight excluding hydrogens is 335 g/mol. The van der Waals surface area contributed by atoms with Crippen molar-refractivity contribution in [2.45, 2.75) is 45.4 Å². The quantitative estimate of drug-likeness (QED) is 0.799. The average Bonchev–Trinajstić information content (AvgIpc) is 3.05. The SMILES string of the molecule is Cc1occc1C(=O)Nc1cc(NC(=O)CC2CCCCC2)ccc1F. The number of amides is 2. The van der Waals surface area contributed by atoms with Crippen LogP contribution in [0.25, 0.3) is 0 Å². The third-order valence-electron chi connectivity index (χ3n) is 4.80. The number of aryl methyl sites for hydroxylation is 1. The number of anilines is 2. The van der Waals surface area contributed by atoms with Crippen LogP contribution in [0.15, 0.2) is 34.9 Å². The molecule has 1 saturated carbocycles. The van der Waals surface area contributed by atoms with Gasteiger partial charge in [0.15, 0.2) is 0 Å². The summed E-state index contributed by atoms with van der Waals surface area (Å²) in [5.74, 6) is -0.218. The zero-order chi connectivity index (χ0) is 18.5. The van der Waals surface area contributed by atoms with E-state index in [0.717, 1.165) is 12.8 Å². The standard InChI is InChI=1S/C20H23FN2O3/c1-13-16(9-10-26-13)20(25)23-18-12-15(7-8-17(18)21)22-19(24)11-14-5-3-2-4-6-14/h7-10,12,14H,2-6,11H2,1H3,(H,22,24)(H,23,25). The first kappa shape index (κ1) is 18.2. The number of carbonyl (C=O) groups excluding carboxylic acids is 2. The van der Waals surface area contributed by atoms with Crippen LogP contribution in [-0.4, -0.2) is 11.8 Å². The molecule has 6 heteroatoms. The first-order chi connectivity index (χ1) is 12.5. The largest absolute Gasteiger partial charge is 0.469 e. The van der Waals surface area contributed by atoms with Crippen molar-refractivity contribution in [2.75, 3.05) is 10.6 Å². The summed E-state index contributed by atoms with van der Waals surface area (Å²) in [6.45, 7) is 1.66. The topological polar surface area (TPSA) is 71.3 Å². The molecule has 1 aromatic heterocycles. The van der Waals surface area contributed by atoms with Gasteiger partial charge in [-0.25, -0.2) is 4.39 Å². The molecule has 0 spiro atoms. The van der Waals surface area contributed by atoms with Gasteiger partial charge in [-0.15, -0.1) is 0 Å². The second-order valence-corrected chi connectivity index (χ2v) is 6.80. The van der Waals surface area contributed by atoms with E-state index in [2.05, 4.69) is 10.6 Å². The van der Waals surface area contributed by atoms with Crippen LogP contribution in [0, 0.1) is 18.7 Å². The summed E-state index contributed by atoms with van der Waals surface area (Å²) < 4.78 is 19.1. The second kappa shape index (κ2) is 8.17. The maximum Gasteiger partial charge on any atom is 0.259 e. The summed E-state index contributed by atoms with van der Waals surface area (Å²) in [7, 11) is 0. The van der Waals surface area contributed by atoms with E-state index in [4.69, 9.17) is 4.42 Å². The van der Waals surface area contributed by atoms with E-state index in [1.165, 1.54) is 49.8 Å². The van der Waals surface area contributed by atoms with Gasteiger partial charge >= 0.3 is 0 Å². The molecule has 5 nitrogen and oxygen atoms in total. The molecule has 1 heterocycles. The summed E-state index contributed by atoms with van der Waals surface area (Å²) in [5.41, 5.74) is 0.827. The van der Waals surface area contributed by atoms with E-state index in [1.54, 1.807) is 6.92 Å². The van der Waals surface area contributed by atoms with Crippen LogP contribution in [-0.2, 0) is 4.79 Å². The molecular formula is C20H23FN2O3. The van der Waals surface area contributed by atoms with Crippen LogP contribution >= 0.6 is 0 Å². The Morgan fingerprint density at radius 3 is 2.62 bits per heavy atom. The minimum Gasteiger partial charge on any atom is -0.469 e. The molecule has 1 aromatic carbocycles. The molecule has 0 atom stereocenters. The van der Waals surface area contributed by atoms with Gasteiger partial charge in [-0.2, -0.15) is 0 Å². The maximum absolute atomic E-state index is 14.0. The predicted molar refractivity (Wildman–Crippen MR) is 97.6 cm³/mol. The van der Waals surface area contributed by atoms with Crippen molar-refractivity contribution in [3.05, 3.63) is 47.7 Å². The molecule has 0 unspecified atom stereocenters. The number of rotatable bonds is 5. The fraction of sp³-hybridized carbons (Fsp3) is 0.400. The van der Waals surface area contributed by atoms with E-state index in [-0.39, 0.29) is 11.6 Å². The number of halogens is 1. The molecule has 0 bridgehead atoms. The smallest absolute Gasteiger partial charge is 0.259 e. The van der Waals surface area contributed by atoms with Crippen molar-refractivity contribution in [3.63, 3.8) is 0 Å². The van der Waals surface area contributed by atoms with E-state index in [0.29, 0.717) is 29.3 Å². The number of hydrogen-bond donors (Lipinski definition) is 2. The van der Waals surface area contributed by atoms with E-state index in [1.807, 2.05) is 0 Å². The van der Waals surface area contributed by atoms with Crippen LogP contribution < -0.4 is 10.6 Å². The zero-order valence-corrected chi connectivity index (χ0v) is 14.8. The van der Waals surface area contributed by atoms with Crippen LogP contribution in [0.5, 0.6) is 0 Å². The molecule has 3 rings (SSSR count). The number of hydrogen-bond acceptors (Lipinski definition) is 3. The van der Waals surface area contributed by atoms with Crippen molar-refractivity contribution in [3.8, 4) is 0 Å². The Balaban J connectivity index is 1.64. The van der Waals surface area contributed by atoms with Crippen LogP contribution in [0.4, 0.5) is 15.8 Å². The summed E-state index contributed by atoms with van der Waals surface area (Å²) in [6.07, 6.45) is 7.66. The summed E-state index contributed by atoms with van der Waals surface area (Å²) in [6, 6.07) is 5.68. The normalized spacial score (nSPS) is 14.8. The number of furan rings is 1. The van der Waals surface area contributed by atoms with Gasteiger partial charge in [-0.05, 0) is 49.9 Å². The van der Waals surface area contributed by atoms with Gasteiger partial charge in [-0.1, -0.05) is 19.3 Å². The zero-order valence-electron chi connectivity index (χ0n) is 14.8. The highest BCUT2D eigenvalue weighted by molar-refractivity contribution is 6.05. The van der Waals surface area contributed by atoms with Gasteiger partial charge in [0.1, 0.15) is 11.6 Å². The van der Waals surface area contributed by atoms with Crippen LogP contribution in [0.1, 0.15) is 54.6 Å². The van der Waals surface area contributed by atoms with E-state index < -0.39 is 11.7 Å². The summed E-state index contributed by atoms with van der Waals surface area (Å²) >= 11 is 0. The van der Waals surface area contributed by atoms with Crippen molar-refractivity contribution >= 4 is 23.2 Å². The molecule has 2 aromatic rings. The monoisotopic (exact) mass is 358 g/mol. The van der Waals surface area contributed by atoms with Crippen LogP contribution in [0.2, 0.25) is 0 Å².